The molecule has 17 aromatic rings. The number of benzene rings is 8. The van der Waals surface area contributed by atoms with E-state index in [-0.39, 0.29) is 12.1 Å². The van der Waals surface area contributed by atoms with Gasteiger partial charge in [-0.2, -0.15) is 25.5 Å². The predicted octanol–water partition coefficient (Wildman–Crippen LogP) is 15.8. The molecule has 8 aromatic carbocycles. The third kappa shape index (κ3) is 21.7. The Hall–Kier alpha value is -15.6. The Morgan fingerprint density at radius 2 is 0.708 bits per heavy atom. The summed E-state index contributed by atoms with van der Waals surface area (Å²) in [5.74, 6) is 12.2. The highest BCUT2D eigenvalue weighted by atomic mass is 16.5. The molecule has 32 heteroatoms. The van der Waals surface area contributed by atoms with Crippen LogP contribution in [-0.2, 0) is 46.6 Å². The van der Waals surface area contributed by atoms with Crippen LogP contribution in [0.4, 0.5) is 45.5 Å². The fraction of sp³-hybridized carbons (Fsp3) is 0.255. The standard InChI is InChI=1S/C27H25N7O2.C25H27N5O2.2C23H26N6O2/c1-32-17-19(14-29-32)6-5-9-34(22-10-23(35-3)13-24(11-22)36-4)21-7-8-25-26(12-21)31-27(16-28-25)20-15-30-33(2)18-20;1-29-15-19(12-27-29)25-13-26-23-7-6-20(11-24(23)28-25)30(14-17-4-5-17)21-8-18(16-31-2)9-22(10-21)32-3;1-15(24)13-29(18-7-19(30-3)10-20(8-18)31-4)17-5-6-21-22(9-17)27-23(12-25-21)16-11-26-28(2)14-16;1-15(11-24)29(18-7-19(30-3)10-20(8-18)31-4)17-5-6-21-22(9-17)27-23(13-25-21)16-12-26-28(2)14-16/h7-8,10-18H,9H2,1-4H3;6-13,15,17H,4-5,14,16H2,1-3H3;5-12,14-15H,13,24H2,1-4H3;5-10,12-15H,11,24H2,1-4H3. The van der Waals surface area contributed by atoms with Gasteiger partial charge in [0.25, 0.3) is 0 Å². The van der Waals surface area contributed by atoms with Crippen molar-refractivity contribution in [2.24, 2.45) is 52.6 Å². The minimum Gasteiger partial charge on any atom is -0.497 e. The van der Waals surface area contributed by atoms with Gasteiger partial charge in [-0.1, -0.05) is 11.8 Å². The summed E-state index contributed by atoms with van der Waals surface area (Å²) in [6, 6.07) is 47.9. The summed E-state index contributed by atoms with van der Waals surface area (Å²) >= 11 is 0. The van der Waals surface area contributed by atoms with Gasteiger partial charge in [-0.3, -0.25) is 43.3 Å². The highest BCUT2D eigenvalue weighted by molar-refractivity contribution is 5.87. The third-order valence-electron chi connectivity index (χ3n) is 21.6. The van der Waals surface area contributed by atoms with E-state index < -0.39 is 0 Å². The zero-order chi connectivity index (χ0) is 91.1. The maximum atomic E-state index is 6.18. The van der Waals surface area contributed by atoms with Crippen LogP contribution < -0.4 is 64.2 Å². The first-order chi connectivity index (χ1) is 63.1. The first-order valence-corrected chi connectivity index (χ1v) is 42.1. The van der Waals surface area contributed by atoms with Crippen molar-refractivity contribution < 1.29 is 37.9 Å². The van der Waals surface area contributed by atoms with Crippen molar-refractivity contribution in [1.29, 1.82) is 0 Å². The minimum atomic E-state index is -0.0549. The second kappa shape index (κ2) is 40.8. The molecule has 9 aromatic heterocycles. The molecule has 18 rings (SSSR count). The average Bonchev–Trinajstić information content (AvgIpc) is 1.07. The van der Waals surface area contributed by atoms with E-state index in [4.69, 9.17) is 69.3 Å². The molecule has 4 N–H and O–H groups in total. The molecule has 1 aliphatic carbocycles. The van der Waals surface area contributed by atoms with Crippen molar-refractivity contribution >= 4 is 89.6 Å². The Morgan fingerprint density at radius 3 is 1.05 bits per heavy atom. The van der Waals surface area contributed by atoms with E-state index in [1.165, 1.54) is 12.8 Å². The zero-order valence-corrected chi connectivity index (χ0v) is 75.4. The van der Waals surface area contributed by atoms with Crippen molar-refractivity contribution in [3.05, 3.63) is 243 Å². The summed E-state index contributed by atoms with van der Waals surface area (Å²) in [6.45, 7) is 7.06. The van der Waals surface area contributed by atoms with Crippen LogP contribution in [0.3, 0.4) is 0 Å². The fourth-order valence-corrected chi connectivity index (χ4v) is 14.8. The lowest BCUT2D eigenvalue weighted by atomic mass is 10.1. The Balaban J connectivity index is 0.000000133. The third-order valence-corrected chi connectivity index (χ3v) is 21.6. The van der Waals surface area contributed by atoms with Crippen LogP contribution >= 0.6 is 0 Å². The topological polar surface area (TPSA) is 331 Å². The highest BCUT2D eigenvalue weighted by Gasteiger charge is 2.28. The molecule has 130 heavy (non-hydrogen) atoms. The molecule has 0 bridgehead atoms. The van der Waals surface area contributed by atoms with E-state index in [1.807, 2.05) is 201 Å². The van der Waals surface area contributed by atoms with Crippen molar-refractivity contribution in [3.8, 4) is 97.1 Å². The van der Waals surface area contributed by atoms with Crippen molar-refractivity contribution in [2.75, 3.05) is 103 Å². The molecule has 0 amide bonds. The van der Waals surface area contributed by atoms with Gasteiger partial charge in [0.2, 0.25) is 0 Å². The van der Waals surface area contributed by atoms with Crippen molar-refractivity contribution in [1.82, 2.24) is 88.8 Å². The molecule has 2 unspecified atom stereocenters. The first kappa shape index (κ1) is 89.2. The molecule has 0 aliphatic heterocycles. The van der Waals surface area contributed by atoms with Gasteiger partial charge in [0.05, 0.1) is 191 Å². The molecular weight excluding hydrogens is 1640 g/mol. The van der Waals surface area contributed by atoms with Gasteiger partial charge in [0, 0.05) is 233 Å². The second-order valence-corrected chi connectivity index (χ2v) is 31.4. The lowest BCUT2D eigenvalue weighted by Gasteiger charge is -2.31. The number of aromatic nitrogens is 18. The fourth-order valence-electron chi connectivity index (χ4n) is 14.8. The number of hydrogen-bond acceptors (Lipinski definition) is 27. The molecule has 0 saturated heterocycles. The molecule has 1 fully saturated rings. The number of ether oxygens (including phenoxy) is 8. The number of hydrogen-bond donors (Lipinski definition) is 2. The van der Waals surface area contributed by atoms with Gasteiger partial charge in [-0.05, 0) is 123 Å². The summed E-state index contributed by atoms with van der Waals surface area (Å²) in [7, 11) is 22.6. The van der Waals surface area contributed by atoms with Crippen LogP contribution in [0.2, 0.25) is 0 Å². The lowest BCUT2D eigenvalue weighted by molar-refractivity contribution is 0.184. The molecule has 0 radical (unpaired) electrons. The molecular formula is C98H104N24O8. The summed E-state index contributed by atoms with van der Waals surface area (Å²) in [6.07, 6.45) is 28.2. The van der Waals surface area contributed by atoms with Gasteiger partial charge in [0.1, 0.15) is 40.2 Å². The lowest BCUT2D eigenvalue weighted by Crippen LogP contribution is -2.34. The summed E-state index contributed by atoms with van der Waals surface area (Å²) < 4.78 is 52.6. The maximum Gasteiger partial charge on any atom is 0.124 e. The molecule has 1 aliphatic rings. The van der Waals surface area contributed by atoms with E-state index in [1.54, 1.807) is 130 Å². The quantitative estimate of drug-likeness (QED) is 0.0430. The Labute approximate surface area is 753 Å². The summed E-state index contributed by atoms with van der Waals surface area (Å²) in [5, 5.41) is 21.2. The number of nitrogens with zero attached hydrogens (tertiary/aromatic N) is 22. The van der Waals surface area contributed by atoms with Gasteiger partial charge in [-0.25, -0.2) is 19.9 Å². The molecule has 664 valence electrons. The summed E-state index contributed by atoms with van der Waals surface area (Å²) in [4.78, 5) is 46.5. The summed E-state index contributed by atoms with van der Waals surface area (Å²) in [5.41, 5.74) is 35.3. The SMILES string of the molecule is COCc1cc(OC)cc(N(CC2CC2)c2ccc3ncc(-c4cnn(C)c4)nc3c2)c1.COc1cc(OC)cc(N(CC#Cc2cnn(C)c2)c2ccc3ncc(-c4cnn(C)c4)nc3c2)c1.COc1cc(OC)cc(N(CC(C)N)c2ccc3ncc(-c4cnn(C)c4)nc3c2)c1.COc1cc(OC)cc(N(c2ccc3ncc(-c4cnn(C)c4)nc3c2)C(C)CN)c1. The number of fused-ring (bicyclic) bond motifs is 4. The predicted molar refractivity (Wildman–Crippen MR) is 507 cm³/mol. The van der Waals surface area contributed by atoms with E-state index in [0.29, 0.717) is 66.7 Å². The first-order valence-electron chi connectivity index (χ1n) is 42.1. The largest absolute Gasteiger partial charge is 0.497 e. The monoisotopic (exact) mass is 1740 g/mol. The van der Waals surface area contributed by atoms with Crippen LogP contribution in [0.5, 0.6) is 40.2 Å². The van der Waals surface area contributed by atoms with Gasteiger partial charge < -0.3 is 69.0 Å². The highest BCUT2D eigenvalue weighted by Crippen LogP contribution is 2.42. The Kier molecular flexibility index (Phi) is 28.0. The van der Waals surface area contributed by atoms with Crippen LogP contribution in [0.15, 0.2) is 232 Å². The van der Waals surface area contributed by atoms with Crippen molar-refractivity contribution in [3.63, 3.8) is 0 Å². The van der Waals surface area contributed by atoms with E-state index in [0.717, 1.165) is 158 Å². The number of nitrogens with two attached hydrogens (primary N) is 2. The number of anilines is 8. The molecule has 0 spiro atoms. The second-order valence-electron chi connectivity index (χ2n) is 31.4. The number of aryl methyl sites for hydroxylation is 5. The smallest absolute Gasteiger partial charge is 0.124 e. The van der Waals surface area contributed by atoms with Gasteiger partial charge in [-0.15, -0.1) is 0 Å². The maximum absolute atomic E-state index is 6.18. The van der Waals surface area contributed by atoms with Gasteiger partial charge in [0.15, 0.2) is 0 Å². The molecule has 9 heterocycles. The Bertz CT molecular complexity index is 6800. The normalized spacial score (nSPS) is 12.0. The van der Waals surface area contributed by atoms with Gasteiger partial charge >= 0.3 is 0 Å². The van der Waals surface area contributed by atoms with Crippen LogP contribution in [0.25, 0.3) is 89.2 Å². The zero-order valence-electron chi connectivity index (χ0n) is 75.4. The molecule has 32 nitrogen and oxygen atoms in total. The van der Waals surface area contributed by atoms with E-state index in [2.05, 4.69) is 108 Å². The number of rotatable bonds is 28. The Morgan fingerprint density at radius 1 is 0.369 bits per heavy atom. The van der Waals surface area contributed by atoms with Crippen LogP contribution in [0, 0.1) is 17.8 Å². The average molecular weight is 1750 g/mol. The van der Waals surface area contributed by atoms with E-state index >= 15 is 0 Å². The number of methoxy groups -OCH3 is 8. The van der Waals surface area contributed by atoms with Crippen LogP contribution in [0.1, 0.15) is 37.8 Å². The molecule has 1 saturated carbocycles. The van der Waals surface area contributed by atoms with Crippen LogP contribution in [-0.4, -0.2) is 184 Å². The van der Waals surface area contributed by atoms with E-state index in [9.17, 15) is 0 Å². The minimum absolute atomic E-state index is 0.0312. The molecule has 2 atom stereocenters. The van der Waals surface area contributed by atoms with Crippen molar-refractivity contribution in [2.45, 2.75) is 45.4 Å².